The Balaban J connectivity index is 2.49. The van der Waals surface area contributed by atoms with Crippen LogP contribution in [0.15, 0.2) is 12.2 Å². The van der Waals surface area contributed by atoms with Gasteiger partial charge in [0, 0.05) is 0 Å². The van der Waals surface area contributed by atoms with Crippen LogP contribution in [0.4, 0.5) is 0 Å². The lowest BCUT2D eigenvalue weighted by Gasteiger charge is -2.02. The minimum atomic E-state index is -0.682. The standard InChI is InChI=1S/C8H12O2/c9-8(10)7-5-3-1-2-4-6-7/h3,5,7H,1-2,4,6H2,(H,9,10)/i8+1. The van der Waals surface area contributed by atoms with E-state index in [2.05, 4.69) is 0 Å². The molecular formula is C8H12O2. The Kier molecular flexibility index (Phi) is 2.49. The van der Waals surface area contributed by atoms with Gasteiger partial charge in [-0.1, -0.05) is 18.6 Å². The van der Waals surface area contributed by atoms with Gasteiger partial charge in [-0.25, -0.2) is 0 Å². The highest BCUT2D eigenvalue weighted by Gasteiger charge is 2.13. The molecule has 10 heavy (non-hydrogen) atoms. The highest BCUT2D eigenvalue weighted by Crippen LogP contribution is 2.16. The molecule has 0 bridgehead atoms. The molecule has 1 aliphatic carbocycles. The van der Waals surface area contributed by atoms with Gasteiger partial charge in [0.05, 0.1) is 5.92 Å². The van der Waals surface area contributed by atoms with Crippen LogP contribution < -0.4 is 0 Å². The quantitative estimate of drug-likeness (QED) is 0.446. The third-order valence-electron chi connectivity index (χ3n) is 1.82. The van der Waals surface area contributed by atoms with Crippen LogP contribution in [0.2, 0.25) is 0 Å². The minimum Gasteiger partial charge on any atom is -0.481 e. The Bertz CT molecular complexity index is 149. The molecule has 1 rings (SSSR count). The number of hydrogen-bond acceptors (Lipinski definition) is 1. The molecular weight excluding hydrogens is 129 g/mol. The SMILES string of the molecule is O=[13C](O)C1C=CCCCC1. The summed E-state index contributed by atoms with van der Waals surface area (Å²) >= 11 is 0. The van der Waals surface area contributed by atoms with Crippen molar-refractivity contribution in [3.8, 4) is 0 Å². The Morgan fingerprint density at radius 2 is 2.30 bits per heavy atom. The molecule has 0 amide bonds. The van der Waals surface area contributed by atoms with E-state index >= 15 is 0 Å². The van der Waals surface area contributed by atoms with E-state index in [0.29, 0.717) is 0 Å². The molecule has 0 heterocycles. The number of carboxylic acids is 1. The Morgan fingerprint density at radius 3 is 3.00 bits per heavy atom. The van der Waals surface area contributed by atoms with Gasteiger partial charge in [0.2, 0.25) is 0 Å². The molecule has 0 saturated heterocycles. The van der Waals surface area contributed by atoms with Gasteiger partial charge < -0.3 is 5.11 Å². The maximum absolute atomic E-state index is 10.5. The van der Waals surface area contributed by atoms with Crippen LogP contribution in [-0.4, -0.2) is 11.1 Å². The van der Waals surface area contributed by atoms with Gasteiger partial charge in [-0.3, -0.25) is 4.79 Å². The van der Waals surface area contributed by atoms with E-state index in [4.69, 9.17) is 5.11 Å². The zero-order valence-corrected chi connectivity index (χ0v) is 5.92. The fourth-order valence-corrected chi connectivity index (χ4v) is 1.19. The third kappa shape index (κ3) is 1.87. The van der Waals surface area contributed by atoms with Crippen molar-refractivity contribution >= 4 is 5.97 Å². The number of carboxylic acid groups (broad SMARTS) is 1. The van der Waals surface area contributed by atoms with E-state index < -0.39 is 5.97 Å². The van der Waals surface area contributed by atoms with Crippen molar-refractivity contribution in [1.82, 2.24) is 0 Å². The van der Waals surface area contributed by atoms with Crippen molar-refractivity contribution in [2.24, 2.45) is 5.92 Å². The summed E-state index contributed by atoms with van der Waals surface area (Å²) in [6.45, 7) is 0. The third-order valence-corrected chi connectivity index (χ3v) is 1.82. The molecule has 0 aromatic carbocycles. The highest BCUT2D eigenvalue weighted by molar-refractivity contribution is 5.72. The molecule has 2 heteroatoms. The van der Waals surface area contributed by atoms with Gasteiger partial charge >= 0.3 is 5.97 Å². The zero-order valence-electron chi connectivity index (χ0n) is 5.92. The first kappa shape index (κ1) is 7.32. The first-order valence-electron chi connectivity index (χ1n) is 3.70. The van der Waals surface area contributed by atoms with Crippen molar-refractivity contribution in [2.75, 3.05) is 0 Å². The predicted molar refractivity (Wildman–Crippen MR) is 38.7 cm³/mol. The molecule has 1 unspecified atom stereocenters. The van der Waals surface area contributed by atoms with Crippen LogP contribution in [0.3, 0.4) is 0 Å². The number of rotatable bonds is 1. The van der Waals surface area contributed by atoms with Gasteiger partial charge in [-0.2, -0.15) is 0 Å². The van der Waals surface area contributed by atoms with Crippen molar-refractivity contribution in [3.63, 3.8) is 0 Å². The average molecular weight is 141 g/mol. The minimum absolute atomic E-state index is 0.220. The summed E-state index contributed by atoms with van der Waals surface area (Å²) in [4.78, 5) is 10.5. The fraction of sp³-hybridized carbons (Fsp3) is 0.625. The number of allylic oxidation sites excluding steroid dienone is 1. The van der Waals surface area contributed by atoms with Crippen LogP contribution in [0.25, 0.3) is 0 Å². The first-order valence-corrected chi connectivity index (χ1v) is 3.70. The highest BCUT2D eigenvalue weighted by atomic mass is 16.5. The molecule has 0 aromatic heterocycles. The molecule has 1 atom stereocenters. The van der Waals surface area contributed by atoms with E-state index in [-0.39, 0.29) is 5.92 Å². The van der Waals surface area contributed by atoms with E-state index in [1.165, 1.54) is 0 Å². The molecule has 56 valence electrons. The van der Waals surface area contributed by atoms with Crippen molar-refractivity contribution in [1.29, 1.82) is 0 Å². The van der Waals surface area contributed by atoms with Gasteiger partial charge in [0.15, 0.2) is 0 Å². The summed E-state index contributed by atoms with van der Waals surface area (Å²) in [7, 11) is 0. The fourth-order valence-electron chi connectivity index (χ4n) is 1.19. The summed E-state index contributed by atoms with van der Waals surface area (Å²) in [5, 5.41) is 8.61. The second-order valence-electron chi connectivity index (χ2n) is 2.66. The average Bonchev–Trinajstić information content (AvgIpc) is 2.12. The van der Waals surface area contributed by atoms with Gasteiger partial charge in [-0.15, -0.1) is 0 Å². The molecule has 0 saturated carbocycles. The number of hydrogen-bond donors (Lipinski definition) is 1. The maximum Gasteiger partial charge on any atom is 0.310 e. The topological polar surface area (TPSA) is 37.3 Å². The molecule has 2 nitrogen and oxygen atoms in total. The summed E-state index contributed by atoms with van der Waals surface area (Å²) in [6.07, 6.45) is 7.83. The van der Waals surface area contributed by atoms with Gasteiger partial charge in [-0.05, 0) is 19.3 Å². The molecule has 0 aromatic rings. The van der Waals surface area contributed by atoms with Crippen molar-refractivity contribution < 1.29 is 9.90 Å². The smallest absolute Gasteiger partial charge is 0.310 e. The molecule has 0 spiro atoms. The normalized spacial score (nSPS) is 25.8. The molecule has 1 aliphatic rings. The molecule has 1 N–H and O–H groups in total. The number of carbonyl (C=O) groups is 1. The summed E-state index contributed by atoms with van der Waals surface area (Å²) in [6, 6.07) is 0. The van der Waals surface area contributed by atoms with E-state index in [1.807, 2.05) is 12.2 Å². The lowest BCUT2D eigenvalue weighted by Crippen LogP contribution is -2.09. The first-order chi connectivity index (χ1) is 4.80. The summed E-state index contributed by atoms with van der Waals surface area (Å²) < 4.78 is 0. The summed E-state index contributed by atoms with van der Waals surface area (Å²) in [5.41, 5.74) is 0. The Morgan fingerprint density at radius 1 is 1.50 bits per heavy atom. The van der Waals surface area contributed by atoms with Gasteiger partial charge in [0.1, 0.15) is 0 Å². The van der Waals surface area contributed by atoms with Gasteiger partial charge in [0.25, 0.3) is 0 Å². The monoisotopic (exact) mass is 141 g/mol. The maximum atomic E-state index is 10.5. The van der Waals surface area contributed by atoms with E-state index in [1.54, 1.807) is 0 Å². The Hall–Kier alpha value is -0.790. The van der Waals surface area contributed by atoms with Crippen LogP contribution in [-0.2, 0) is 4.79 Å². The van der Waals surface area contributed by atoms with Crippen molar-refractivity contribution in [2.45, 2.75) is 25.7 Å². The lowest BCUT2D eigenvalue weighted by molar-refractivity contribution is -0.140. The zero-order chi connectivity index (χ0) is 7.40. The molecule has 0 aliphatic heterocycles. The lowest BCUT2D eigenvalue weighted by atomic mass is 10.1. The van der Waals surface area contributed by atoms with E-state index in [0.717, 1.165) is 25.7 Å². The van der Waals surface area contributed by atoms with Crippen LogP contribution in [0, 0.1) is 5.92 Å². The Labute approximate surface area is 60.6 Å². The van der Waals surface area contributed by atoms with Crippen LogP contribution in [0.5, 0.6) is 0 Å². The van der Waals surface area contributed by atoms with Crippen LogP contribution in [0.1, 0.15) is 25.7 Å². The summed E-state index contributed by atoms with van der Waals surface area (Å²) in [5.74, 6) is -0.902. The largest absolute Gasteiger partial charge is 0.481 e. The molecule has 0 fully saturated rings. The van der Waals surface area contributed by atoms with Crippen LogP contribution >= 0.6 is 0 Å². The van der Waals surface area contributed by atoms with E-state index in [9.17, 15) is 4.79 Å². The second-order valence-corrected chi connectivity index (χ2v) is 2.66. The second kappa shape index (κ2) is 3.40. The predicted octanol–water partition coefficient (Wildman–Crippen LogP) is 1.82. The number of aliphatic carboxylic acids is 1. The van der Waals surface area contributed by atoms with Crippen molar-refractivity contribution in [3.05, 3.63) is 12.2 Å². The molecule has 0 radical (unpaired) electrons.